The van der Waals surface area contributed by atoms with E-state index in [2.05, 4.69) is 15.6 Å². The average Bonchev–Trinajstić information content (AvgIpc) is 2.77. The van der Waals surface area contributed by atoms with Gasteiger partial charge in [0.2, 0.25) is 0 Å². The first-order chi connectivity index (χ1) is 9.45. The van der Waals surface area contributed by atoms with Crippen LogP contribution >= 0.6 is 11.3 Å². The van der Waals surface area contributed by atoms with Gasteiger partial charge >= 0.3 is 12.0 Å². The van der Waals surface area contributed by atoms with Gasteiger partial charge in [-0.1, -0.05) is 0 Å². The van der Waals surface area contributed by atoms with Crippen LogP contribution in [0.2, 0.25) is 0 Å². The van der Waals surface area contributed by atoms with Gasteiger partial charge in [0.15, 0.2) is 0 Å². The second-order valence-corrected chi connectivity index (χ2v) is 5.45. The largest absolute Gasteiger partial charge is 0.477 e. The lowest BCUT2D eigenvalue weighted by Gasteiger charge is -2.17. The molecule has 8 heteroatoms. The van der Waals surface area contributed by atoms with E-state index >= 15 is 0 Å². The monoisotopic (exact) mass is 300 g/mol. The predicted octanol–water partition coefficient (Wildman–Crippen LogP) is 0.901. The first kappa shape index (κ1) is 16.4. The van der Waals surface area contributed by atoms with Crippen LogP contribution in [-0.4, -0.2) is 54.2 Å². The number of aromatic nitrogens is 1. The maximum atomic E-state index is 11.8. The molecule has 0 aromatic carbocycles. The zero-order valence-electron chi connectivity index (χ0n) is 11.9. The third kappa shape index (κ3) is 4.78. The summed E-state index contributed by atoms with van der Waals surface area (Å²) in [4.78, 5) is 28.6. The van der Waals surface area contributed by atoms with E-state index in [4.69, 9.17) is 5.11 Å². The van der Waals surface area contributed by atoms with Crippen LogP contribution in [-0.2, 0) is 6.54 Å². The summed E-state index contributed by atoms with van der Waals surface area (Å²) < 4.78 is 0. The highest BCUT2D eigenvalue weighted by Crippen LogP contribution is 2.17. The number of carbonyl (C=O) groups is 2. The molecule has 20 heavy (non-hydrogen) atoms. The number of nitrogens with one attached hydrogen (secondary N) is 2. The minimum atomic E-state index is -0.984. The predicted molar refractivity (Wildman–Crippen MR) is 77.2 cm³/mol. The van der Waals surface area contributed by atoms with Crippen molar-refractivity contribution in [2.45, 2.75) is 19.9 Å². The second kappa shape index (κ2) is 7.81. The Hall–Kier alpha value is -1.67. The highest BCUT2D eigenvalue weighted by molar-refractivity contribution is 7.13. The number of aryl methyl sites for hydroxylation is 1. The number of thiazole rings is 1. The number of carbonyl (C=O) groups excluding carboxylic acids is 1. The van der Waals surface area contributed by atoms with Crippen molar-refractivity contribution < 1.29 is 14.7 Å². The number of rotatable bonds is 7. The van der Waals surface area contributed by atoms with E-state index in [1.165, 1.54) is 0 Å². The van der Waals surface area contributed by atoms with E-state index in [9.17, 15) is 9.59 Å². The summed E-state index contributed by atoms with van der Waals surface area (Å²) in [5, 5.41) is 15.3. The summed E-state index contributed by atoms with van der Waals surface area (Å²) in [6, 6.07) is -0.189. The molecule has 112 valence electrons. The van der Waals surface area contributed by atoms with Gasteiger partial charge in [0.1, 0.15) is 9.88 Å². The van der Waals surface area contributed by atoms with Gasteiger partial charge in [-0.25, -0.2) is 14.6 Å². The smallest absolute Gasteiger partial charge is 0.347 e. The van der Waals surface area contributed by atoms with Crippen LogP contribution < -0.4 is 10.6 Å². The number of carboxylic acids is 1. The third-order valence-corrected chi connectivity index (χ3v) is 3.84. The molecular weight excluding hydrogens is 280 g/mol. The Morgan fingerprint density at radius 2 is 2.15 bits per heavy atom. The lowest BCUT2D eigenvalue weighted by atomic mass is 10.4. The van der Waals surface area contributed by atoms with Crippen molar-refractivity contribution >= 4 is 23.3 Å². The third-order valence-electron chi connectivity index (χ3n) is 2.69. The summed E-state index contributed by atoms with van der Waals surface area (Å²) in [6.07, 6.45) is 0.875. The zero-order chi connectivity index (χ0) is 15.1. The van der Waals surface area contributed by atoms with Crippen molar-refractivity contribution in [2.75, 3.05) is 27.2 Å². The molecule has 0 radical (unpaired) electrons. The Labute approximate surface area is 122 Å². The number of aromatic carboxylic acids is 1. The molecule has 0 bridgehead atoms. The van der Waals surface area contributed by atoms with Crippen molar-refractivity contribution in [3.8, 4) is 0 Å². The molecule has 1 heterocycles. The molecule has 0 spiro atoms. The Bertz CT molecular complexity index is 475. The van der Waals surface area contributed by atoms with Crippen molar-refractivity contribution in [1.82, 2.24) is 20.5 Å². The summed E-state index contributed by atoms with van der Waals surface area (Å²) in [7, 11) is 3.59. The van der Waals surface area contributed by atoms with E-state index in [-0.39, 0.29) is 17.5 Å². The van der Waals surface area contributed by atoms with Crippen molar-refractivity contribution in [1.29, 1.82) is 0 Å². The summed E-state index contributed by atoms with van der Waals surface area (Å²) in [5.41, 5.74) is 0.481. The fourth-order valence-corrected chi connectivity index (χ4v) is 2.45. The fourth-order valence-electron chi connectivity index (χ4n) is 1.61. The van der Waals surface area contributed by atoms with Crippen LogP contribution in [0.3, 0.4) is 0 Å². The summed E-state index contributed by atoms with van der Waals surface area (Å²) in [6.45, 7) is 3.40. The lowest BCUT2D eigenvalue weighted by molar-refractivity contribution is 0.0701. The number of urea groups is 1. The van der Waals surface area contributed by atoms with Crippen molar-refractivity contribution in [3.05, 3.63) is 15.6 Å². The highest BCUT2D eigenvalue weighted by atomic mass is 32.1. The van der Waals surface area contributed by atoms with E-state index in [1.54, 1.807) is 18.9 Å². The van der Waals surface area contributed by atoms with Crippen LogP contribution in [0.5, 0.6) is 0 Å². The first-order valence-electron chi connectivity index (χ1n) is 6.29. The number of hydrogen-bond acceptors (Lipinski definition) is 5. The van der Waals surface area contributed by atoms with Gasteiger partial charge in [-0.3, -0.25) is 0 Å². The van der Waals surface area contributed by atoms with Crippen LogP contribution in [0.25, 0.3) is 0 Å². The molecule has 0 saturated carbocycles. The number of nitrogens with zero attached hydrogens (tertiary/aromatic N) is 2. The van der Waals surface area contributed by atoms with E-state index in [0.29, 0.717) is 17.2 Å². The van der Waals surface area contributed by atoms with E-state index < -0.39 is 5.97 Å². The van der Waals surface area contributed by atoms with Crippen LogP contribution in [0, 0.1) is 6.92 Å². The van der Waals surface area contributed by atoms with Gasteiger partial charge in [0.25, 0.3) is 0 Å². The van der Waals surface area contributed by atoms with Gasteiger partial charge in [-0.2, -0.15) is 0 Å². The summed E-state index contributed by atoms with van der Waals surface area (Å²) in [5.74, 6) is -0.984. The first-order valence-corrected chi connectivity index (χ1v) is 7.10. The molecule has 0 atom stereocenters. The van der Waals surface area contributed by atoms with Crippen LogP contribution in [0.4, 0.5) is 4.79 Å². The summed E-state index contributed by atoms with van der Waals surface area (Å²) >= 11 is 1.09. The molecule has 1 aromatic rings. The second-order valence-electron chi connectivity index (χ2n) is 4.36. The Morgan fingerprint density at radius 3 is 2.70 bits per heavy atom. The standard InChI is InChI=1S/C12H20N4O3S/c1-8-10(11(17)18)20-9(15-8)7-14-12(19)16(3)6-4-5-13-2/h13H,4-7H2,1-3H3,(H,14,19)(H,17,18). The quantitative estimate of drug-likeness (QED) is 0.650. The van der Waals surface area contributed by atoms with Gasteiger partial charge in [-0.05, 0) is 26.9 Å². The Balaban J connectivity index is 2.44. The Kier molecular flexibility index (Phi) is 6.40. The molecule has 3 N–H and O–H groups in total. The van der Waals surface area contributed by atoms with E-state index in [0.717, 1.165) is 24.3 Å². The van der Waals surface area contributed by atoms with Gasteiger partial charge in [-0.15, -0.1) is 11.3 Å². The molecule has 1 rings (SSSR count). The molecule has 0 fully saturated rings. The number of amides is 2. The average molecular weight is 300 g/mol. The normalized spacial score (nSPS) is 10.3. The minimum Gasteiger partial charge on any atom is -0.477 e. The SMILES string of the molecule is CNCCCN(C)C(=O)NCc1nc(C)c(C(=O)O)s1. The van der Waals surface area contributed by atoms with E-state index in [1.807, 2.05) is 7.05 Å². The van der Waals surface area contributed by atoms with Crippen LogP contribution in [0.15, 0.2) is 0 Å². The molecule has 2 amide bonds. The van der Waals surface area contributed by atoms with Gasteiger partial charge < -0.3 is 20.6 Å². The maximum Gasteiger partial charge on any atom is 0.347 e. The van der Waals surface area contributed by atoms with Crippen LogP contribution in [0.1, 0.15) is 26.8 Å². The highest BCUT2D eigenvalue weighted by Gasteiger charge is 2.15. The van der Waals surface area contributed by atoms with Crippen molar-refractivity contribution in [2.24, 2.45) is 0 Å². The molecule has 7 nitrogen and oxygen atoms in total. The maximum absolute atomic E-state index is 11.8. The number of carboxylic acid groups (broad SMARTS) is 1. The molecular formula is C12H20N4O3S. The molecule has 1 aromatic heterocycles. The molecule has 0 saturated heterocycles. The fraction of sp³-hybridized carbons (Fsp3) is 0.583. The topological polar surface area (TPSA) is 94.6 Å². The number of hydrogen-bond donors (Lipinski definition) is 3. The molecule has 0 aliphatic carbocycles. The molecule has 0 aliphatic rings. The zero-order valence-corrected chi connectivity index (χ0v) is 12.7. The lowest BCUT2D eigenvalue weighted by Crippen LogP contribution is -2.38. The van der Waals surface area contributed by atoms with Gasteiger partial charge in [0, 0.05) is 13.6 Å². The molecule has 0 aliphatic heterocycles. The van der Waals surface area contributed by atoms with Crippen molar-refractivity contribution in [3.63, 3.8) is 0 Å². The molecule has 0 unspecified atom stereocenters. The Morgan fingerprint density at radius 1 is 1.45 bits per heavy atom. The minimum absolute atomic E-state index is 0.189. The van der Waals surface area contributed by atoms with Gasteiger partial charge in [0.05, 0.1) is 12.2 Å².